The fraction of sp³-hybridized carbons (Fsp3) is 0.538. The predicted octanol–water partition coefficient (Wildman–Crippen LogP) is 1.63. The molecule has 1 saturated heterocycles. The van der Waals surface area contributed by atoms with Crippen LogP contribution in [0.3, 0.4) is 0 Å². The van der Waals surface area contributed by atoms with Crippen LogP contribution in [0, 0.1) is 5.92 Å². The molecule has 1 aliphatic rings. The van der Waals surface area contributed by atoms with Crippen LogP contribution >= 0.6 is 0 Å². The van der Waals surface area contributed by atoms with Gasteiger partial charge in [-0.1, -0.05) is 13.3 Å². The number of pyridine rings is 1. The van der Waals surface area contributed by atoms with Crippen molar-refractivity contribution >= 4 is 11.7 Å². The summed E-state index contributed by atoms with van der Waals surface area (Å²) in [6, 6.07) is 3.47. The summed E-state index contributed by atoms with van der Waals surface area (Å²) in [4.78, 5) is 18.2. The molecule has 0 aliphatic carbocycles. The highest BCUT2D eigenvalue weighted by Gasteiger charge is 2.22. The Kier molecular flexibility index (Phi) is 4.15. The van der Waals surface area contributed by atoms with Gasteiger partial charge in [-0.25, -0.2) is 10.8 Å². The van der Waals surface area contributed by atoms with Crippen molar-refractivity contribution in [3.05, 3.63) is 23.9 Å². The van der Waals surface area contributed by atoms with E-state index >= 15 is 0 Å². The fourth-order valence-corrected chi connectivity index (χ4v) is 2.33. The molecule has 5 heteroatoms. The number of hydrogen-bond donors (Lipinski definition) is 2. The number of piperidine rings is 1. The van der Waals surface area contributed by atoms with Crippen molar-refractivity contribution < 1.29 is 4.79 Å². The summed E-state index contributed by atoms with van der Waals surface area (Å²) < 4.78 is 0. The number of nitrogen functional groups attached to an aromatic ring is 1. The molecule has 0 unspecified atom stereocenters. The van der Waals surface area contributed by atoms with E-state index in [9.17, 15) is 4.79 Å². The third kappa shape index (κ3) is 2.79. The minimum atomic E-state index is 0.0700. The first kappa shape index (κ1) is 12.8. The number of hydrogen-bond acceptors (Lipinski definition) is 4. The van der Waals surface area contributed by atoms with Gasteiger partial charge in [0.2, 0.25) is 0 Å². The number of likely N-dealkylation sites (tertiary alicyclic amines) is 1. The molecule has 5 nitrogen and oxygen atoms in total. The van der Waals surface area contributed by atoms with Crippen LogP contribution in [-0.2, 0) is 0 Å². The van der Waals surface area contributed by atoms with Crippen molar-refractivity contribution in [3.8, 4) is 0 Å². The molecule has 18 heavy (non-hydrogen) atoms. The number of carbonyl (C=O) groups is 1. The normalized spacial score (nSPS) is 16.7. The Labute approximate surface area is 107 Å². The molecular weight excluding hydrogens is 228 g/mol. The van der Waals surface area contributed by atoms with E-state index in [1.807, 2.05) is 4.90 Å². The van der Waals surface area contributed by atoms with Gasteiger partial charge in [-0.15, -0.1) is 0 Å². The third-order valence-corrected chi connectivity index (χ3v) is 3.64. The van der Waals surface area contributed by atoms with Crippen molar-refractivity contribution in [2.75, 3.05) is 18.5 Å². The van der Waals surface area contributed by atoms with E-state index in [4.69, 9.17) is 5.84 Å². The van der Waals surface area contributed by atoms with E-state index in [0.29, 0.717) is 11.4 Å². The first-order chi connectivity index (χ1) is 8.74. The number of amides is 1. The Bertz CT molecular complexity index is 396. The Balaban J connectivity index is 1.98. The fourth-order valence-electron chi connectivity index (χ4n) is 2.33. The summed E-state index contributed by atoms with van der Waals surface area (Å²) in [7, 11) is 0. The maximum absolute atomic E-state index is 12.2. The van der Waals surface area contributed by atoms with Gasteiger partial charge in [-0.05, 0) is 30.9 Å². The minimum absolute atomic E-state index is 0.0700. The molecular formula is C13H20N4O. The number of nitrogens with zero attached hydrogens (tertiary/aromatic N) is 2. The second kappa shape index (κ2) is 5.82. The molecule has 2 heterocycles. The molecule has 3 N–H and O–H groups in total. The van der Waals surface area contributed by atoms with Crippen molar-refractivity contribution in [3.63, 3.8) is 0 Å². The monoisotopic (exact) mass is 248 g/mol. The van der Waals surface area contributed by atoms with Crippen LogP contribution in [-0.4, -0.2) is 28.9 Å². The lowest BCUT2D eigenvalue weighted by Crippen LogP contribution is -2.38. The number of aromatic nitrogens is 1. The zero-order valence-electron chi connectivity index (χ0n) is 10.7. The Morgan fingerprint density at radius 1 is 1.50 bits per heavy atom. The quantitative estimate of drug-likeness (QED) is 0.630. The summed E-state index contributed by atoms with van der Waals surface area (Å²) in [6.45, 7) is 3.92. The lowest BCUT2D eigenvalue weighted by atomic mass is 9.94. The summed E-state index contributed by atoms with van der Waals surface area (Å²) in [5, 5.41) is 0. The first-order valence-electron chi connectivity index (χ1n) is 6.46. The van der Waals surface area contributed by atoms with Gasteiger partial charge in [0.25, 0.3) is 5.91 Å². The van der Waals surface area contributed by atoms with Gasteiger partial charge in [0.05, 0.1) is 5.56 Å². The molecule has 1 aliphatic heterocycles. The topological polar surface area (TPSA) is 71.2 Å². The number of carbonyl (C=O) groups excluding carboxylic acids is 1. The van der Waals surface area contributed by atoms with Crippen LogP contribution in [0.1, 0.15) is 36.5 Å². The van der Waals surface area contributed by atoms with E-state index in [1.54, 1.807) is 18.3 Å². The van der Waals surface area contributed by atoms with E-state index in [-0.39, 0.29) is 5.91 Å². The smallest absolute Gasteiger partial charge is 0.255 e. The SMILES string of the molecule is CCC1CCN(C(=O)c2ccc(NN)nc2)CC1. The Morgan fingerprint density at radius 2 is 2.22 bits per heavy atom. The number of nitrogens with two attached hydrogens (primary N) is 1. The molecule has 0 spiro atoms. The van der Waals surface area contributed by atoms with Crippen molar-refractivity contribution in [1.82, 2.24) is 9.88 Å². The molecule has 2 rings (SSSR count). The second-order valence-electron chi connectivity index (χ2n) is 4.72. The zero-order chi connectivity index (χ0) is 13.0. The summed E-state index contributed by atoms with van der Waals surface area (Å²) in [6.07, 6.45) is 5.00. The van der Waals surface area contributed by atoms with Crippen LogP contribution in [0.2, 0.25) is 0 Å². The summed E-state index contributed by atoms with van der Waals surface area (Å²) in [5.74, 6) is 6.65. The molecule has 1 fully saturated rings. The van der Waals surface area contributed by atoms with Gasteiger partial charge in [0.15, 0.2) is 0 Å². The highest BCUT2D eigenvalue weighted by atomic mass is 16.2. The van der Waals surface area contributed by atoms with Crippen LogP contribution in [0.4, 0.5) is 5.82 Å². The molecule has 1 aromatic rings. The first-order valence-corrected chi connectivity index (χ1v) is 6.46. The lowest BCUT2D eigenvalue weighted by molar-refractivity contribution is 0.0688. The molecule has 1 aromatic heterocycles. The molecule has 1 amide bonds. The highest BCUT2D eigenvalue weighted by molar-refractivity contribution is 5.94. The molecule has 0 aromatic carbocycles. The second-order valence-corrected chi connectivity index (χ2v) is 4.72. The largest absolute Gasteiger partial charge is 0.339 e. The molecule has 98 valence electrons. The Morgan fingerprint density at radius 3 is 2.72 bits per heavy atom. The van der Waals surface area contributed by atoms with Crippen LogP contribution in [0.5, 0.6) is 0 Å². The van der Waals surface area contributed by atoms with E-state index in [2.05, 4.69) is 17.3 Å². The molecule has 0 bridgehead atoms. The number of anilines is 1. The number of nitrogens with one attached hydrogen (secondary N) is 1. The Hall–Kier alpha value is -1.62. The van der Waals surface area contributed by atoms with Gasteiger partial charge < -0.3 is 10.3 Å². The van der Waals surface area contributed by atoms with Gasteiger partial charge in [-0.3, -0.25) is 4.79 Å². The number of hydrazine groups is 1. The molecule has 0 radical (unpaired) electrons. The summed E-state index contributed by atoms with van der Waals surface area (Å²) in [5.41, 5.74) is 3.08. The predicted molar refractivity (Wildman–Crippen MR) is 71.0 cm³/mol. The summed E-state index contributed by atoms with van der Waals surface area (Å²) >= 11 is 0. The molecule has 0 saturated carbocycles. The van der Waals surface area contributed by atoms with Gasteiger partial charge in [0.1, 0.15) is 5.82 Å². The standard InChI is InChI=1S/C13H20N4O/c1-2-10-5-7-17(8-6-10)13(18)11-3-4-12(16-14)15-9-11/h3-4,9-10H,2,5-8,14H2,1H3,(H,15,16). The van der Waals surface area contributed by atoms with E-state index in [0.717, 1.165) is 31.8 Å². The average molecular weight is 248 g/mol. The van der Waals surface area contributed by atoms with E-state index < -0.39 is 0 Å². The average Bonchev–Trinajstić information content (AvgIpc) is 2.47. The minimum Gasteiger partial charge on any atom is -0.339 e. The third-order valence-electron chi connectivity index (χ3n) is 3.64. The van der Waals surface area contributed by atoms with Crippen molar-refractivity contribution in [1.29, 1.82) is 0 Å². The maximum atomic E-state index is 12.2. The highest BCUT2D eigenvalue weighted by Crippen LogP contribution is 2.21. The van der Waals surface area contributed by atoms with Gasteiger partial charge in [-0.2, -0.15) is 0 Å². The zero-order valence-corrected chi connectivity index (χ0v) is 10.7. The van der Waals surface area contributed by atoms with Crippen LogP contribution in [0.25, 0.3) is 0 Å². The van der Waals surface area contributed by atoms with Crippen LogP contribution in [0.15, 0.2) is 18.3 Å². The van der Waals surface area contributed by atoms with Crippen molar-refractivity contribution in [2.45, 2.75) is 26.2 Å². The van der Waals surface area contributed by atoms with Gasteiger partial charge in [0, 0.05) is 19.3 Å². The van der Waals surface area contributed by atoms with E-state index in [1.165, 1.54) is 6.42 Å². The molecule has 0 atom stereocenters. The lowest BCUT2D eigenvalue weighted by Gasteiger charge is -2.31. The van der Waals surface area contributed by atoms with Crippen molar-refractivity contribution in [2.24, 2.45) is 11.8 Å². The number of rotatable bonds is 3. The van der Waals surface area contributed by atoms with Gasteiger partial charge >= 0.3 is 0 Å². The van der Waals surface area contributed by atoms with Crippen LogP contribution < -0.4 is 11.3 Å². The maximum Gasteiger partial charge on any atom is 0.255 e.